The van der Waals surface area contributed by atoms with E-state index in [0.717, 1.165) is 51.3 Å². The average Bonchev–Trinajstić information content (AvgIpc) is 3.39. The van der Waals surface area contributed by atoms with Crippen LogP contribution in [0.4, 0.5) is 11.8 Å². The van der Waals surface area contributed by atoms with Crippen LogP contribution < -0.4 is 16.4 Å². The lowest BCUT2D eigenvalue weighted by atomic mass is 9.84. The Morgan fingerprint density at radius 3 is 2.65 bits per heavy atom. The Bertz CT molecular complexity index is 1360. The number of nitrogens with two attached hydrogens (primary N) is 1. The molecule has 5 rings (SSSR count). The molecule has 1 aliphatic rings. The van der Waals surface area contributed by atoms with E-state index in [1.165, 1.54) is 0 Å². The Morgan fingerprint density at radius 1 is 1.18 bits per heavy atom. The zero-order valence-corrected chi connectivity index (χ0v) is 19.9. The van der Waals surface area contributed by atoms with Crippen LogP contribution in [0.3, 0.4) is 0 Å². The second kappa shape index (κ2) is 8.75. The Kier molecular flexibility index (Phi) is 5.62. The van der Waals surface area contributed by atoms with Crippen LogP contribution >= 0.6 is 0 Å². The highest BCUT2D eigenvalue weighted by atomic mass is 15.3. The standard InChI is InChI=1S/C25H29N9/c1-15-11-20-22(23-19(15)14-28-25(30-23)29-21-9-10-33(3)32-21)24(34(4)31-20)17-7-5-16(6-8-17)18(12-26)13-27-2/h5-10,13-15,27H,11-12,26H2,1-4H3,(H,28,29,30,32)/b18-13+. The van der Waals surface area contributed by atoms with Gasteiger partial charge in [-0.25, -0.2) is 9.97 Å². The van der Waals surface area contributed by atoms with E-state index in [1.54, 1.807) is 4.68 Å². The van der Waals surface area contributed by atoms with Crippen LogP contribution in [0, 0.1) is 0 Å². The fourth-order valence-corrected chi connectivity index (χ4v) is 4.59. The molecule has 0 spiro atoms. The molecule has 34 heavy (non-hydrogen) atoms. The lowest BCUT2D eigenvalue weighted by Crippen LogP contribution is -2.12. The minimum absolute atomic E-state index is 0.287. The van der Waals surface area contributed by atoms with Gasteiger partial charge in [-0.3, -0.25) is 9.36 Å². The van der Waals surface area contributed by atoms with E-state index in [-0.39, 0.29) is 5.92 Å². The topological polar surface area (TPSA) is 112 Å². The summed E-state index contributed by atoms with van der Waals surface area (Å²) in [4.78, 5) is 9.50. The molecule has 0 radical (unpaired) electrons. The molecule has 0 saturated carbocycles. The number of rotatable bonds is 6. The first-order chi connectivity index (χ1) is 16.5. The van der Waals surface area contributed by atoms with Gasteiger partial charge in [0, 0.05) is 69.0 Å². The van der Waals surface area contributed by atoms with Crippen molar-refractivity contribution in [3.05, 3.63) is 65.7 Å². The number of aryl methyl sites for hydroxylation is 2. The number of benzene rings is 1. The van der Waals surface area contributed by atoms with Gasteiger partial charge >= 0.3 is 0 Å². The monoisotopic (exact) mass is 455 g/mol. The van der Waals surface area contributed by atoms with Gasteiger partial charge in [0.2, 0.25) is 5.95 Å². The second-order valence-corrected chi connectivity index (χ2v) is 8.64. The third-order valence-corrected chi connectivity index (χ3v) is 6.23. The van der Waals surface area contributed by atoms with Crippen molar-refractivity contribution in [1.82, 2.24) is 34.8 Å². The molecule has 4 aromatic rings. The van der Waals surface area contributed by atoms with Crippen LogP contribution in [0.2, 0.25) is 0 Å². The SMILES string of the molecule is CN/C=C(\CN)c1ccc(-c2c3c(nn2C)CC(C)c2cnc(Nc4ccn(C)n4)nc2-3)cc1. The molecule has 4 N–H and O–H groups in total. The van der Waals surface area contributed by atoms with Crippen molar-refractivity contribution in [1.29, 1.82) is 0 Å². The molecule has 174 valence electrons. The van der Waals surface area contributed by atoms with Crippen molar-refractivity contribution in [2.75, 3.05) is 18.9 Å². The van der Waals surface area contributed by atoms with Gasteiger partial charge in [-0.1, -0.05) is 31.2 Å². The van der Waals surface area contributed by atoms with E-state index >= 15 is 0 Å². The number of aromatic nitrogens is 6. The summed E-state index contributed by atoms with van der Waals surface area (Å²) in [6.07, 6.45) is 6.60. The number of hydrogen-bond donors (Lipinski definition) is 3. The number of anilines is 2. The minimum Gasteiger partial charge on any atom is -0.394 e. The van der Waals surface area contributed by atoms with Crippen LogP contribution in [-0.4, -0.2) is 43.1 Å². The molecule has 9 heteroatoms. The molecule has 3 heterocycles. The maximum absolute atomic E-state index is 5.93. The smallest absolute Gasteiger partial charge is 0.228 e. The highest BCUT2D eigenvalue weighted by Crippen LogP contribution is 2.43. The van der Waals surface area contributed by atoms with Crippen molar-refractivity contribution >= 4 is 17.3 Å². The molecule has 0 fully saturated rings. The predicted octanol–water partition coefficient (Wildman–Crippen LogP) is 3.20. The summed E-state index contributed by atoms with van der Waals surface area (Å²) in [7, 11) is 5.75. The summed E-state index contributed by atoms with van der Waals surface area (Å²) in [5.74, 6) is 1.52. The average molecular weight is 456 g/mol. The van der Waals surface area contributed by atoms with Crippen molar-refractivity contribution < 1.29 is 0 Å². The molecule has 3 aromatic heterocycles. The molecular formula is C25H29N9. The van der Waals surface area contributed by atoms with Crippen molar-refractivity contribution in [3.8, 4) is 22.5 Å². The van der Waals surface area contributed by atoms with Crippen LogP contribution in [0.1, 0.15) is 29.7 Å². The van der Waals surface area contributed by atoms with E-state index in [4.69, 9.17) is 15.8 Å². The molecule has 1 atom stereocenters. The van der Waals surface area contributed by atoms with Gasteiger partial charge in [-0.2, -0.15) is 10.2 Å². The van der Waals surface area contributed by atoms with Gasteiger partial charge in [0.25, 0.3) is 0 Å². The highest BCUT2D eigenvalue weighted by Gasteiger charge is 2.30. The molecule has 0 amide bonds. The number of nitrogens with zero attached hydrogens (tertiary/aromatic N) is 6. The third-order valence-electron chi connectivity index (χ3n) is 6.23. The summed E-state index contributed by atoms with van der Waals surface area (Å²) in [5, 5.41) is 15.5. The molecule has 0 bridgehead atoms. The first-order valence-corrected chi connectivity index (χ1v) is 11.4. The molecule has 0 saturated heterocycles. The van der Waals surface area contributed by atoms with Crippen molar-refractivity contribution in [3.63, 3.8) is 0 Å². The molecule has 9 nitrogen and oxygen atoms in total. The van der Waals surface area contributed by atoms with Gasteiger partial charge in [0.05, 0.1) is 17.1 Å². The van der Waals surface area contributed by atoms with Crippen LogP contribution in [0.25, 0.3) is 28.1 Å². The summed E-state index contributed by atoms with van der Waals surface area (Å²) in [6.45, 7) is 2.66. The first kappa shape index (κ1) is 21.8. The van der Waals surface area contributed by atoms with Gasteiger partial charge in [0.15, 0.2) is 5.82 Å². The number of hydrogen-bond acceptors (Lipinski definition) is 7. The largest absolute Gasteiger partial charge is 0.394 e. The quantitative estimate of drug-likeness (QED) is 0.409. The summed E-state index contributed by atoms with van der Waals surface area (Å²) in [6, 6.07) is 10.3. The van der Waals surface area contributed by atoms with Gasteiger partial charge in [-0.15, -0.1) is 0 Å². The molecular weight excluding hydrogens is 426 g/mol. The van der Waals surface area contributed by atoms with Crippen molar-refractivity contribution in [2.45, 2.75) is 19.3 Å². The molecule has 0 aliphatic heterocycles. The maximum Gasteiger partial charge on any atom is 0.228 e. The third kappa shape index (κ3) is 3.84. The van der Waals surface area contributed by atoms with E-state index < -0.39 is 0 Å². The minimum atomic E-state index is 0.287. The first-order valence-electron chi connectivity index (χ1n) is 11.4. The summed E-state index contributed by atoms with van der Waals surface area (Å²) in [5.41, 5.74) is 14.4. The second-order valence-electron chi connectivity index (χ2n) is 8.64. The van der Waals surface area contributed by atoms with Crippen LogP contribution in [-0.2, 0) is 20.5 Å². The molecule has 1 aliphatic carbocycles. The molecule has 1 aromatic carbocycles. The Morgan fingerprint density at radius 2 is 1.97 bits per heavy atom. The van der Waals surface area contributed by atoms with E-state index in [0.29, 0.717) is 18.3 Å². The number of nitrogens with one attached hydrogen (secondary N) is 2. The Labute approximate surface area is 198 Å². The van der Waals surface area contributed by atoms with Gasteiger partial charge in [0.1, 0.15) is 0 Å². The Hall–Kier alpha value is -3.98. The predicted molar refractivity (Wildman–Crippen MR) is 134 cm³/mol. The normalized spacial score (nSPS) is 15.1. The number of fused-ring (bicyclic) bond motifs is 3. The maximum atomic E-state index is 5.93. The fraction of sp³-hybridized carbons (Fsp3) is 0.280. The van der Waals surface area contributed by atoms with E-state index in [1.807, 2.05) is 50.5 Å². The van der Waals surface area contributed by atoms with Gasteiger partial charge < -0.3 is 16.4 Å². The van der Waals surface area contributed by atoms with Crippen LogP contribution in [0.15, 0.2) is 48.9 Å². The lowest BCUT2D eigenvalue weighted by Gasteiger charge is -2.22. The van der Waals surface area contributed by atoms with Crippen LogP contribution in [0.5, 0.6) is 0 Å². The zero-order chi connectivity index (χ0) is 23.8. The summed E-state index contributed by atoms with van der Waals surface area (Å²) < 4.78 is 3.70. The Balaban J connectivity index is 1.58. The van der Waals surface area contributed by atoms with E-state index in [9.17, 15) is 0 Å². The fourth-order valence-electron chi connectivity index (χ4n) is 4.59. The summed E-state index contributed by atoms with van der Waals surface area (Å²) >= 11 is 0. The molecule has 1 unspecified atom stereocenters. The zero-order valence-electron chi connectivity index (χ0n) is 19.9. The lowest BCUT2D eigenvalue weighted by molar-refractivity contribution is 0.688. The van der Waals surface area contributed by atoms with Crippen molar-refractivity contribution in [2.24, 2.45) is 19.8 Å². The van der Waals surface area contributed by atoms with E-state index in [2.05, 4.69) is 51.9 Å². The van der Waals surface area contributed by atoms with Gasteiger partial charge in [-0.05, 0) is 23.5 Å². The highest BCUT2D eigenvalue weighted by molar-refractivity contribution is 5.85.